The molecule has 0 aliphatic carbocycles. The number of alkyl halides is 3. The largest absolute Gasteiger partial charge is 0.464 e. The summed E-state index contributed by atoms with van der Waals surface area (Å²) in [6, 6.07) is 0. The van der Waals surface area contributed by atoms with E-state index in [1.807, 2.05) is 0 Å². The molecule has 0 saturated heterocycles. The van der Waals surface area contributed by atoms with Crippen LogP contribution in [0.4, 0.5) is 13.2 Å². The minimum absolute atomic E-state index is 0.137. The van der Waals surface area contributed by atoms with E-state index in [-0.39, 0.29) is 18.1 Å². The van der Waals surface area contributed by atoms with Gasteiger partial charge in [0.1, 0.15) is 0 Å². The van der Waals surface area contributed by atoms with Gasteiger partial charge in [0.25, 0.3) is 5.60 Å². The summed E-state index contributed by atoms with van der Waals surface area (Å²) in [6.07, 6.45) is -5.97. The summed E-state index contributed by atoms with van der Waals surface area (Å²) in [5, 5.41) is 9.51. The van der Waals surface area contributed by atoms with E-state index in [9.17, 15) is 23.1 Å². The molecule has 1 N–H and O–H groups in total. The van der Waals surface area contributed by atoms with Crippen molar-refractivity contribution in [1.29, 1.82) is 0 Å². The van der Waals surface area contributed by atoms with Crippen LogP contribution in [0.5, 0.6) is 0 Å². The predicted octanol–water partition coefficient (Wildman–Crippen LogP) is 2.45. The Labute approximate surface area is 98.3 Å². The Kier molecular flexibility index (Phi) is 5.19. The van der Waals surface area contributed by atoms with Crippen molar-refractivity contribution in [3.8, 4) is 0 Å². The molecule has 0 heterocycles. The van der Waals surface area contributed by atoms with Crippen molar-refractivity contribution in [2.45, 2.75) is 39.0 Å². The van der Waals surface area contributed by atoms with Crippen molar-refractivity contribution in [3.63, 3.8) is 0 Å². The first kappa shape index (κ1) is 16.0. The number of carbonyl (C=O) groups excluding carboxylic acids is 1. The van der Waals surface area contributed by atoms with E-state index in [1.165, 1.54) is 6.92 Å². The highest BCUT2D eigenvalue weighted by molar-refractivity contribution is 5.80. The molecule has 0 aromatic carbocycles. The van der Waals surface area contributed by atoms with Crippen LogP contribution in [0.25, 0.3) is 0 Å². The van der Waals surface area contributed by atoms with Crippen LogP contribution in [0.1, 0.15) is 27.2 Å². The molecular weight excluding hydrogens is 237 g/mol. The zero-order valence-electron chi connectivity index (χ0n) is 10.1. The van der Waals surface area contributed by atoms with E-state index in [1.54, 1.807) is 13.8 Å². The summed E-state index contributed by atoms with van der Waals surface area (Å²) >= 11 is 0. The smallest absolute Gasteiger partial charge is 0.428 e. The van der Waals surface area contributed by atoms with Gasteiger partial charge in [0.05, 0.1) is 6.61 Å². The van der Waals surface area contributed by atoms with Crippen molar-refractivity contribution < 1.29 is 27.8 Å². The van der Waals surface area contributed by atoms with Gasteiger partial charge in [0, 0.05) is 6.42 Å². The SMILES string of the molecule is C=C(CC(O)(C(=O)OCC)C(F)(F)F)C(C)C. The Balaban J connectivity index is 5.13. The lowest BCUT2D eigenvalue weighted by Crippen LogP contribution is -2.53. The molecule has 0 amide bonds. The molecule has 0 spiro atoms. The monoisotopic (exact) mass is 254 g/mol. The fourth-order valence-corrected chi connectivity index (χ4v) is 1.07. The summed E-state index contributed by atoms with van der Waals surface area (Å²) in [4.78, 5) is 11.2. The number of hydrogen-bond donors (Lipinski definition) is 1. The number of hydrogen-bond acceptors (Lipinski definition) is 3. The molecule has 1 atom stereocenters. The maximum Gasteiger partial charge on any atom is 0.428 e. The maximum atomic E-state index is 12.7. The molecule has 0 radical (unpaired) electrons. The number of rotatable bonds is 5. The zero-order valence-corrected chi connectivity index (χ0v) is 10.1. The normalized spacial score (nSPS) is 15.5. The van der Waals surface area contributed by atoms with Crippen LogP contribution >= 0.6 is 0 Å². The Morgan fingerprint density at radius 1 is 1.41 bits per heavy atom. The van der Waals surface area contributed by atoms with Gasteiger partial charge in [0.15, 0.2) is 0 Å². The van der Waals surface area contributed by atoms with Crippen LogP contribution < -0.4 is 0 Å². The molecule has 0 saturated carbocycles. The third-order valence-electron chi connectivity index (χ3n) is 2.38. The van der Waals surface area contributed by atoms with Crippen molar-refractivity contribution in [2.75, 3.05) is 6.61 Å². The van der Waals surface area contributed by atoms with Crippen LogP contribution in [0.15, 0.2) is 12.2 Å². The third kappa shape index (κ3) is 3.73. The van der Waals surface area contributed by atoms with Crippen molar-refractivity contribution >= 4 is 5.97 Å². The number of ether oxygens (including phenoxy) is 1. The first-order chi connectivity index (χ1) is 7.56. The van der Waals surface area contributed by atoms with Gasteiger partial charge in [-0.25, -0.2) is 4.79 Å². The molecule has 0 aliphatic rings. The van der Waals surface area contributed by atoms with Crippen LogP contribution in [0.3, 0.4) is 0 Å². The predicted molar refractivity (Wildman–Crippen MR) is 56.2 cm³/mol. The zero-order chi connectivity index (χ0) is 13.9. The highest BCUT2D eigenvalue weighted by Gasteiger charge is 2.60. The van der Waals surface area contributed by atoms with E-state index in [2.05, 4.69) is 11.3 Å². The van der Waals surface area contributed by atoms with E-state index in [0.717, 1.165) is 0 Å². The molecule has 17 heavy (non-hydrogen) atoms. The quantitative estimate of drug-likeness (QED) is 0.605. The van der Waals surface area contributed by atoms with E-state index in [4.69, 9.17) is 0 Å². The topological polar surface area (TPSA) is 46.5 Å². The van der Waals surface area contributed by atoms with Gasteiger partial charge in [-0.3, -0.25) is 0 Å². The summed E-state index contributed by atoms with van der Waals surface area (Å²) in [7, 11) is 0. The van der Waals surface area contributed by atoms with Gasteiger partial charge < -0.3 is 9.84 Å². The van der Waals surface area contributed by atoms with Crippen molar-refractivity contribution in [1.82, 2.24) is 0 Å². The Morgan fingerprint density at radius 3 is 2.18 bits per heavy atom. The first-order valence-electron chi connectivity index (χ1n) is 5.20. The molecule has 100 valence electrons. The number of carbonyl (C=O) groups is 1. The Bertz CT molecular complexity index is 297. The molecule has 0 bridgehead atoms. The lowest BCUT2D eigenvalue weighted by Gasteiger charge is -2.29. The van der Waals surface area contributed by atoms with Crippen LogP contribution in [-0.4, -0.2) is 29.5 Å². The molecule has 6 heteroatoms. The summed E-state index contributed by atoms with van der Waals surface area (Å²) in [5.74, 6) is -1.95. The van der Waals surface area contributed by atoms with Crippen LogP contribution in [0, 0.1) is 5.92 Å². The molecule has 0 aromatic rings. The van der Waals surface area contributed by atoms with Gasteiger partial charge in [-0.05, 0) is 12.8 Å². The number of aliphatic hydroxyl groups is 1. The van der Waals surface area contributed by atoms with Gasteiger partial charge in [0.2, 0.25) is 0 Å². The second-order valence-electron chi connectivity index (χ2n) is 4.07. The van der Waals surface area contributed by atoms with E-state index in [0.29, 0.717) is 0 Å². The summed E-state index contributed by atoms with van der Waals surface area (Å²) < 4.78 is 42.4. The average Bonchev–Trinajstić information content (AvgIpc) is 2.15. The van der Waals surface area contributed by atoms with Crippen molar-refractivity contribution in [2.24, 2.45) is 5.92 Å². The Morgan fingerprint density at radius 2 is 1.88 bits per heavy atom. The van der Waals surface area contributed by atoms with E-state index < -0.39 is 24.2 Å². The highest BCUT2D eigenvalue weighted by Crippen LogP contribution is 2.37. The van der Waals surface area contributed by atoms with Crippen LogP contribution in [-0.2, 0) is 9.53 Å². The molecule has 0 rings (SSSR count). The summed E-state index contributed by atoms with van der Waals surface area (Å²) in [5.41, 5.74) is -3.37. The second-order valence-corrected chi connectivity index (χ2v) is 4.07. The molecule has 1 unspecified atom stereocenters. The van der Waals surface area contributed by atoms with E-state index >= 15 is 0 Å². The Hall–Kier alpha value is -1.04. The van der Waals surface area contributed by atoms with Crippen molar-refractivity contribution in [3.05, 3.63) is 12.2 Å². The maximum absolute atomic E-state index is 12.7. The lowest BCUT2D eigenvalue weighted by molar-refractivity contribution is -0.262. The first-order valence-corrected chi connectivity index (χ1v) is 5.20. The summed E-state index contributed by atoms with van der Waals surface area (Å²) in [6.45, 7) is 7.82. The van der Waals surface area contributed by atoms with Gasteiger partial charge in [-0.2, -0.15) is 13.2 Å². The lowest BCUT2D eigenvalue weighted by atomic mass is 9.89. The number of esters is 1. The molecule has 0 aromatic heterocycles. The fourth-order valence-electron chi connectivity index (χ4n) is 1.07. The van der Waals surface area contributed by atoms with Gasteiger partial charge >= 0.3 is 12.1 Å². The minimum Gasteiger partial charge on any atom is -0.464 e. The minimum atomic E-state index is -5.09. The third-order valence-corrected chi connectivity index (χ3v) is 2.38. The molecule has 0 fully saturated rings. The van der Waals surface area contributed by atoms with Crippen LogP contribution in [0.2, 0.25) is 0 Å². The van der Waals surface area contributed by atoms with Gasteiger partial charge in [-0.15, -0.1) is 0 Å². The second kappa shape index (κ2) is 5.53. The average molecular weight is 254 g/mol. The van der Waals surface area contributed by atoms with Gasteiger partial charge in [-0.1, -0.05) is 26.0 Å². The highest BCUT2D eigenvalue weighted by atomic mass is 19.4. The molecular formula is C11H17F3O3. The standard InChI is InChI=1S/C11H17F3O3/c1-5-17-9(15)10(16,11(12,13)14)6-8(4)7(2)3/h7,16H,4-6H2,1-3H3. The molecule has 3 nitrogen and oxygen atoms in total. The fraction of sp³-hybridized carbons (Fsp3) is 0.727. The number of halogens is 3. The molecule has 0 aliphatic heterocycles.